The Bertz CT molecular complexity index is 921. The molecule has 152 valence electrons. The number of aryl methyl sites for hydroxylation is 1. The van der Waals surface area contributed by atoms with Crippen LogP contribution in [-0.4, -0.2) is 37.7 Å². The number of rotatable bonds is 6. The molecule has 28 heavy (non-hydrogen) atoms. The first-order valence-electron chi connectivity index (χ1n) is 9.27. The second-order valence-corrected chi connectivity index (χ2v) is 7.28. The number of nitrogens with zero attached hydrogens (tertiary/aromatic N) is 2. The molecule has 1 fully saturated rings. The first kappa shape index (κ1) is 20.5. The predicted molar refractivity (Wildman–Crippen MR) is 102 cm³/mol. The van der Waals surface area contributed by atoms with Crippen LogP contribution >= 0.6 is 0 Å². The highest BCUT2D eigenvalue weighted by molar-refractivity contribution is 5.13. The highest BCUT2D eigenvalue weighted by Gasteiger charge is 2.44. The van der Waals surface area contributed by atoms with Crippen molar-refractivity contribution >= 4 is 0 Å². The predicted octanol–water partition coefficient (Wildman–Crippen LogP) is 0.768. The molecule has 0 bridgehead atoms. The van der Waals surface area contributed by atoms with Crippen molar-refractivity contribution in [3.63, 3.8) is 0 Å². The van der Waals surface area contributed by atoms with E-state index in [-0.39, 0.29) is 19.3 Å². The maximum atomic E-state index is 12.9. The van der Waals surface area contributed by atoms with Gasteiger partial charge in [0.15, 0.2) is 6.23 Å². The second kappa shape index (κ2) is 8.40. The van der Waals surface area contributed by atoms with Crippen LogP contribution in [0.2, 0.25) is 0 Å². The van der Waals surface area contributed by atoms with Crippen LogP contribution in [0, 0.1) is 12.8 Å². The molecule has 0 radical (unpaired) electrons. The maximum Gasteiger partial charge on any atom is 0.335 e. The fourth-order valence-corrected chi connectivity index (χ4v) is 3.49. The topological polar surface area (TPSA) is 103 Å². The molecule has 2 heterocycles. The molecule has 0 aliphatic carbocycles. The Balaban J connectivity index is 1.86. The van der Waals surface area contributed by atoms with E-state index in [2.05, 4.69) is 0 Å². The molecule has 0 unspecified atom stereocenters. The van der Waals surface area contributed by atoms with E-state index in [9.17, 15) is 19.8 Å². The summed E-state index contributed by atoms with van der Waals surface area (Å²) in [6.07, 6.45) is -2.01. The number of benzene rings is 1. The normalized spacial score (nSPS) is 25.8. The van der Waals surface area contributed by atoms with Crippen molar-refractivity contribution in [1.29, 1.82) is 0 Å². The quantitative estimate of drug-likeness (QED) is 0.755. The molecule has 8 nitrogen and oxygen atoms in total. The Morgan fingerprint density at radius 3 is 2.54 bits per heavy atom. The van der Waals surface area contributed by atoms with Crippen LogP contribution in [0.15, 0.2) is 46.1 Å². The Kier molecular flexibility index (Phi) is 6.14. The summed E-state index contributed by atoms with van der Waals surface area (Å²) in [5.74, 6) is -0.369. The summed E-state index contributed by atoms with van der Waals surface area (Å²) in [7, 11) is 0. The van der Waals surface area contributed by atoms with Gasteiger partial charge in [-0.1, -0.05) is 37.3 Å². The van der Waals surface area contributed by atoms with Crippen molar-refractivity contribution in [3.05, 3.63) is 68.5 Å². The van der Waals surface area contributed by atoms with Gasteiger partial charge in [0, 0.05) is 17.7 Å². The first-order chi connectivity index (χ1) is 13.3. The van der Waals surface area contributed by atoms with Crippen LogP contribution in [0.3, 0.4) is 0 Å². The van der Waals surface area contributed by atoms with Gasteiger partial charge in [0.2, 0.25) is 0 Å². The lowest BCUT2D eigenvalue weighted by Gasteiger charge is -2.20. The van der Waals surface area contributed by atoms with Gasteiger partial charge in [-0.25, -0.2) is 9.36 Å². The van der Waals surface area contributed by atoms with Crippen LogP contribution in [0.25, 0.3) is 0 Å². The zero-order chi connectivity index (χ0) is 20.4. The van der Waals surface area contributed by atoms with Crippen molar-refractivity contribution in [2.45, 2.75) is 58.6 Å². The summed E-state index contributed by atoms with van der Waals surface area (Å²) in [6, 6.07) is 9.42. The summed E-state index contributed by atoms with van der Waals surface area (Å²) in [4.78, 5) is 25.3. The van der Waals surface area contributed by atoms with Crippen LogP contribution < -0.4 is 11.2 Å². The highest BCUT2D eigenvalue weighted by atomic mass is 16.5. The third kappa shape index (κ3) is 3.95. The third-order valence-electron chi connectivity index (χ3n) is 5.09. The Morgan fingerprint density at radius 1 is 1.25 bits per heavy atom. The minimum absolute atomic E-state index is 0.216. The molecular formula is C20H26N2O6. The molecule has 5 atom stereocenters. The van der Waals surface area contributed by atoms with E-state index in [1.807, 2.05) is 30.3 Å². The molecule has 0 spiro atoms. The smallest absolute Gasteiger partial charge is 0.335 e. The van der Waals surface area contributed by atoms with E-state index in [4.69, 9.17) is 9.47 Å². The van der Waals surface area contributed by atoms with Gasteiger partial charge in [-0.2, -0.15) is 0 Å². The standard InChI is InChI=1S/C20H26N2O6/c1-12-9-21(19-16(24)13(2)17(28-19)14(3)23)20(26)22(18(12)25)11-27-10-15-7-5-4-6-8-15/h4-9,13-14,16-17,19,23-24H,10-11H2,1-3H3/t13-,14+,16+,17-,19+/m0/s1. The third-order valence-corrected chi connectivity index (χ3v) is 5.09. The zero-order valence-electron chi connectivity index (χ0n) is 16.2. The number of aliphatic hydroxyl groups excluding tert-OH is 2. The molecule has 1 saturated heterocycles. The number of aliphatic hydroxyl groups is 2. The number of aromatic nitrogens is 2. The van der Waals surface area contributed by atoms with E-state index in [1.54, 1.807) is 20.8 Å². The SMILES string of the molecule is Cc1cn([C@@H]2O[C@H]([C@@H](C)O)[C@@H](C)[C@H]2O)c(=O)n(COCc2ccccc2)c1=O. The van der Waals surface area contributed by atoms with Crippen LogP contribution in [-0.2, 0) is 22.8 Å². The summed E-state index contributed by atoms with van der Waals surface area (Å²) < 4.78 is 13.5. The van der Waals surface area contributed by atoms with Crippen LogP contribution in [0.4, 0.5) is 0 Å². The Hall–Kier alpha value is -2.26. The highest BCUT2D eigenvalue weighted by Crippen LogP contribution is 2.34. The summed E-state index contributed by atoms with van der Waals surface area (Å²) in [5, 5.41) is 20.4. The second-order valence-electron chi connectivity index (χ2n) is 7.28. The molecule has 2 aromatic rings. The van der Waals surface area contributed by atoms with Crippen molar-refractivity contribution in [3.8, 4) is 0 Å². The summed E-state index contributed by atoms with van der Waals surface area (Å²) in [6.45, 7) is 4.95. The minimum Gasteiger partial charge on any atom is -0.391 e. The van der Waals surface area contributed by atoms with Crippen molar-refractivity contribution in [2.24, 2.45) is 5.92 Å². The average molecular weight is 390 g/mol. The van der Waals surface area contributed by atoms with E-state index in [0.29, 0.717) is 5.56 Å². The van der Waals surface area contributed by atoms with Gasteiger partial charge < -0.3 is 19.7 Å². The number of hydrogen-bond donors (Lipinski definition) is 2. The average Bonchev–Trinajstić information content (AvgIpc) is 2.97. The summed E-state index contributed by atoms with van der Waals surface area (Å²) in [5.41, 5.74) is 0.159. The summed E-state index contributed by atoms with van der Waals surface area (Å²) >= 11 is 0. The fourth-order valence-electron chi connectivity index (χ4n) is 3.49. The van der Waals surface area contributed by atoms with Crippen molar-refractivity contribution in [2.75, 3.05) is 0 Å². The molecule has 0 amide bonds. The fraction of sp³-hybridized carbons (Fsp3) is 0.500. The Morgan fingerprint density at radius 2 is 1.93 bits per heavy atom. The van der Waals surface area contributed by atoms with Gasteiger partial charge in [-0.05, 0) is 19.4 Å². The van der Waals surface area contributed by atoms with Gasteiger partial charge in [0.1, 0.15) is 12.8 Å². The largest absolute Gasteiger partial charge is 0.391 e. The lowest BCUT2D eigenvalue weighted by atomic mass is 9.97. The van der Waals surface area contributed by atoms with Crippen LogP contribution in [0.5, 0.6) is 0 Å². The maximum absolute atomic E-state index is 12.9. The molecule has 1 aromatic carbocycles. The molecule has 8 heteroatoms. The van der Waals surface area contributed by atoms with Gasteiger partial charge in [-0.15, -0.1) is 0 Å². The molecule has 1 aliphatic heterocycles. The zero-order valence-corrected chi connectivity index (χ0v) is 16.2. The molecule has 1 aliphatic rings. The van der Waals surface area contributed by atoms with Gasteiger partial charge >= 0.3 is 5.69 Å². The van der Waals surface area contributed by atoms with E-state index in [0.717, 1.165) is 10.1 Å². The number of ether oxygens (including phenoxy) is 2. The molecule has 2 N–H and O–H groups in total. The van der Waals surface area contributed by atoms with Crippen molar-refractivity contribution < 1.29 is 19.7 Å². The monoisotopic (exact) mass is 390 g/mol. The molecular weight excluding hydrogens is 364 g/mol. The first-order valence-corrected chi connectivity index (χ1v) is 9.27. The van der Waals surface area contributed by atoms with Gasteiger partial charge in [0.25, 0.3) is 5.56 Å². The van der Waals surface area contributed by atoms with Gasteiger partial charge in [-0.3, -0.25) is 9.36 Å². The van der Waals surface area contributed by atoms with Gasteiger partial charge in [0.05, 0.1) is 18.8 Å². The van der Waals surface area contributed by atoms with E-state index < -0.39 is 35.8 Å². The molecule has 0 saturated carbocycles. The lowest BCUT2D eigenvalue weighted by Crippen LogP contribution is -2.44. The minimum atomic E-state index is -0.993. The molecule has 1 aromatic heterocycles. The van der Waals surface area contributed by atoms with E-state index in [1.165, 1.54) is 10.8 Å². The number of hydrogen-bond acceptors (Lipinski definition) is 6. The Labute approximate surface area is 162 Å². The van der Waals surface area contributed by atoms with Crippen molar-refractivity contribution in [1.82, 2.24) is 9.13 Å². The van der Waals surface area contributed by atoms with Crippen LogP contribution in [0.1, 0.15) is 31.2 Å². The van der Waals surface area contributed by atoms with E-state index >= 15 is 0 Å². The molecule has 3 rings (SSSR count). The lowest BCUT2D eigenvalue weighted by molar-refractivity contribution is -0.0762.